The number of nitrogens with two attached hydrogens (primary N) is 1. The summed E-state index contributed by atoms with van der Waals surface area (Å²) >= 11 is 0. The zero-order valence-corrected chi connectivity index (χ0v) is 8.38. The third kappa shape index (κ3) is 1.37. The quantitative estimate of drug-likeness (QED) is 0.734. The maximum Gasteiger partial charge on any atom is 0.0442 e. The Labute approximate surface area is 80.0 Å². The first kappa shape index (κ1) is 8.76. The Bertz CT molecular complexity index is 301. The van der Waals surface area contributed by atoms with Crippen LogP contribution in [0.5, 0.6) is 0 Å². The molecule has 0 bridgehead atoms. The van der Waals surface area contributed by atoms with E-state index >= 15 is 0 Å². The molecule has 0 aliphatic heterocycles. The van der Waals surface area contributed by atoms with E-state index in [4.69, 9.17) is 5.73 Å². The van der Waals surface area contributed by atoms with Crippen LogP contribution >= 0.6 is 0 Å². The van der Waals surface area contributed by atoms with Crippen LogP contribution in [-0.2, 0) is 5.54 Å². The van der Waals surface area contributed by atoms with Gasteiger partial charge in [-0.1, -0.05) is 43.2 Å². The molecule has 0 radical (unpaired) electrons. The molecule has 0 heterocycles. The molecule has 13 heavy (non-hydrogen) atoms. The lowest BCUT2D eigenvalue weighted by Gasteiger charge is -2.11. The molecule has 1 aliphatic rings. The van der Waals surface area contributed by atoms with Gasteiger partial charge in [0.1, 0.15) is 0 Å². The molecule has 2 rings (SSSR count). The van der Waals surface area contributed by atoms with Gasteiger partial charge in [-0.05, 0) is 24.8 Å². The third-order valence-corrected chi connectivity index (χ3v) is 3.23. The minimum Gasteiger partial charge on any atom is -0.321 e. The third-order valence-electron chi connectivity index (χ3n) is 3.23. The summed E-state index contributed by atoms with van der Waals surface area (Å²) < 4.78 is 0. The molecule has 2 unspecified atom stereocenters. The highest BCUT2D eigenvalue weighted by molar-refractivity contribution is 5.33. The maximum absolute atomic E-state index is 6.27. The highest BCUT2D eigenvalue weighted by Gasteiger charge is 2.50. The fourth-order valence-corrected chi connectivity index (χ4v) is 2.07. The van der Waals surface area contributed by atoms with E-state index in [1.54, 1.807) is 0 Å². The fraction of sp³-hybridized carbons (Fsp3) is 0.500. The van der Waals surface area contributed by atoms with Crippen molar-refractivity contribution in [2.75, 3.05) is 0 Å². The largest absolute Gasteiger partial charge is 0.321 e. The van der Waals surface area contributed by atoms with Crippen LogP contribution in [0.1, 0.15) is 30.9 Å². The summed E-state index contributed by atoms with van der Waals surface area (Å²) in [5, 5.41) is 0. The van der Waals surface area contributed by atoms with E-state index in [0.717, 1.165) is 6.42 Å². The van der Waals surface area contributed by atoms with Crippen molar-refractivity contribution >= 4 is 0 Å². The number of rotatable bonds is 2. The fourth-order valence-electron chi connectivity index (χ4n) is 2.07. The van der Waals surface area contributed by atoms with Crippen LogP contribution in [0.25, 0.3) is 0 Å². The van der Waals surface area contributed by atoms with Gasteiger partial charge in [0.25, 0.3) is 0 Å². The molecule has 1 aliphatic carbocycles. The van der Waals surface area contributed by atoms with Gasteiger partial charge >= 0.3 is 0 Å². The molecule has 0 amide bonds. The van der Waals surface area contributed by atoms with Gasteiger partial charge in [0, 0.05) is 5.54 Å². The number of benzene rings is 1. The summed E-state index contributed by atoms with van der Waals surface area (Å²) in [6, 6.07) is 8.64. The van der Waals surface area contributed by atoms with Crippen LogP contribution in [0.4, 0.5) is 0 Å². The lowest BCUT2D eigenvalue weighted by Crippen LogP contribution is -2.21. The van der Waals surface area contributed by atoms with E-state index in [-0.39, 0.29) is 5.54 Å². The second-order valence-electron chi connectivity index (χ2n) is 4.22. The van der Waals surface area contributed by atoms with Gasteiger partial charge in [0.15, 0.2) is 0 Å². The standard InChI is InChI=1S/C12H17N/c1-3-10-8-12(10,13)11-6-4-9(2)5-7-11/h4-7,10H,3,8,13H2,1-2H3. The molecule has 1 saturated carbocycles. The number of aryl methyl sites for hydroxylation is 1. The maximum atomic E-state index is 6.27. The van der Waals surface area contributed by atoms with Crippen molar-refractivity contribution in [1.29, 1.82) is 0 Å². The lowest BCUT2D eigenvalue weighted by molar-refractivity contribution is 0.615. The number of hydrogen-bond donors (Lipinski definition) is 1. The van der Waals surface area contributed by atoms with Crippen molar-refractivity contribution < 1.29 is 0 Å². The van der Waals surface area contributed by atoms with E-state index in [1.165, 1.54) is 17.5 Å². The van der Waals surface area contributed by atoms with Gasteiger partial charge in [-0.25, -0.2) is 0 Å². The van der Waals surface area contributed by atoms with Crippen molar-refractivity contribution in [2.24, 2.45) is 11.7 Å². The SMILES string of the molecule is CCC1CC1(N)c1ccc(C)cc1. The molecule has 1 fully saturated rings. The first-order valence-electron chi connectivity index (χ1n) is 5.03. The molecule has 2 atom stereocenters. The summed E-state index contributed by atoms with van der Waals surface area (Å²) in [7, 11) is 0. The van der Waals surface area contributed by atoms with Gasteiger partial charge in [-0.2, -0.15) is 0 Å². The predicted octanol–water partition coefficient (Wildman–Crippen LogP) is 2.58. The Hall–Kier alpha value is -0.820. The minimum absolute atomic E-state index is 0.00243. The monoisotopic (exact) mass is 175 g/mol. The van der Waals surface area contributed by atoms with Gasteiger partial charge in [-0.15, -0.1) is 0 Å². The van der Waals surface area contributed by atoms with E-state index < -0.39 is 0 Å². The average molecular weight is 175 g/mol. The van der Waals surface area contributed by atoms with Gasteiger partial charge in [-0.3, -0.25) is 0 Å². The van der Waals surface area contributed by atoms with Gasteiger partial charge < -0.3 is 5.73 Å². The van der Waals surface area contributed by atoms with Crippen molar-refractivity contribution in [1.82, 2.24) is 0 Å². The molecule has 1 nitrogen and oxygen atoms in total. The summed E-state index contributed by atoms with van der Waals surface area (Å²) in [6.07, 6.45) is 2.36. The minimum atomic E-state index is 0.00243. The van der Waals surface area contributed by atoms with Crippen molar-refractivity contribution in [2.45, 2.75) is 32.2 Å². The van der Waals surface area contributed by atoms with E-state index in [9.17, 15) is 0 Å². The first-order valence-corrected chi connectivity index (χ1v) is 5.03. The summed E-state index contributed by atoms with van der Waals surface area (Å²) in [5.74, 6) is 0.704. The van der Waals surface area contributed by atoms with Crippen molar-refractivity contribution in [3.8, 4) is 0 Å². The van der Waals surface area contributed by atoms with Crippen LogP contribution in [0.15, 0.2) is 24.3 Å². The summed E-state index contributed by atoms with van der Waals surface area (Å²) in [5.41, 5.74) is 8.89. The highest BCUT2D eigenvalue weighted by atomic mass is 14.9. The predicted molar refractivity (Wildman–Crippen MR) is 55.4 cm³/mol. The normalized spacial score (nSPS) is 31.8. The molecular weight excluding hydrogens is 158 g/mol. The molecule has 0 saturated heterocycles. The Morgan fingerprint density at radius 2 is 2.00 bits per heavy atom. The molecule has 2 N–H and O–H groups in total. The Balaban J connectivity index is 2.23. The van der Waals surface area contributed by atoms with E-state index in [1.807, 2.05) is 0 Å². The molecular formula is C12H17N. The Morgan fingerprint density at radius 1 is 1.38 bits per heavy atom. The first-order chi connectivity index (χ1) is 6.16. The zero-order valence-electron chi connectivity index (χ0n) is 8.38. The topological polar surface area (TPSA) is 26.0 Å². The second kappa shape index (κ2) is 2.85. The van der Waals surface area contributed by atoms with E-state index in [2.05, 4.69) is 38.1 Å². The van der Waals surface area contributed by atoms with Crippen LogP contribution in [0.3, 0.4) is 0 Å². The van der Waals surface area contributed by atoms with Crippen LogP contribution in [0, 0.1) is 12.8 Å². The molecule has 1 heteroatoms. The molecule has 1 aromatic rings. The Morgan fingerprint density at radius 3 is 2.46 bits per heavy atom. The smallest absolute Gasteiger partial charge is 0.0442 e. The second-order valence-corrected chi connectivity index (χ2v) is 4.22. The zero-order chi connectivity index (χ0) is 9.47. The molecule has 0 aromatic heterocycles. The molecule has 1 aromatic carbocycles. The summed E-state index contributed by atoms with van der Waals surface area (Å²) in [4.78, 5) is 0. The lowest BCUT2D eigenvalue weighted by atomic mass is 10.0. The van der Waals surface area contributed by atoms with Crippen molar-refractivity contribution in [3.63, 3.8) is 0 Å². The molecule has 70 valence electrons. The molecule has 0 spiro atoms. The summed E-state index contributed by atoms with van der Waals surface area (Å²) in [6.45, 7) is 4.32. The van der Waals surface area contributed by atoms with Gasteiger partial charge in [0.2, 0.25) is 0 Å². The van der Waals surface area contributed by atoms with Crippen LogP contribution in [0.2, 0.25) is 0 Å². The number of hydrogen-bond acceptors (Lipinski definition) is 1. The average Bonchev–Trinajstić information content (AvgIpc) is 2.80. The van der Waals surface area contributed by atoms with Crippen LogP contribution in [-0.4, -0.2) is 0 Å². The highest BCUT2D eigenvalue weighted by Crippen LogP contribution is 2.51. The van der Waals surface area contributed by atoms with E-state index in [0.29, 0.717) is 5.92 Å². The van der Waals surface area contributed by atoms with Crippen molar-refractivity contribution in [3.05, 3.63) is 35.4 Å². The van der Waals surface area contributed by atoms with Gasteiger partial charge in [0.05, 0.1) is 0 Å². The van der Waals surface area contributed by atoms with Crippen LogP contribution < -0.4 is 5.73 Å². The Kier molecular flexibility index (Phi) is 1.92.